The normalized spacial score (nSPS) is 11.2. The topological polar surface area (TPSA) is 109 Å². The van der Waals surface area contributed by atoms with Crippen LogP contribution in [0.5, 0.6) is 0 Å². The molecule has 0 aliphatic heterocycles. The van der Waals surface area contributed by atoms with Crippen LogP contribution in [0.1, 0.15) is 41.8 Å². The van der Waals surface area contributed by atoms with Crippen molar-refractivity contribution in [3.05, 3.63) is 62.6 Å². The fourth-order valence-electron chi connectivity index (χ4n) is 2.38. The molecule has 154 valence electrons. The summed E-state index contributed by atoms with van der Waals surface area (Å²) in [7, 11) is 0. The van der Waals surface area contributed by atoms with Gasteiger partial charge in [0.1, 0.15) is 5.70 Å². The molecule has 29 heavy (non-hydrogen) atoms. The van der Waals surface area contributed by atoms with Gasteiger partial charge < -0.3 is 20.2 Å². The lowest BCUT2D eigenvalue weighted by Gasteiger charge is -2.10. The maximum absolute atomic E-state index is 12.6. The Morgan fingerprint density at radius 1 is 1.00 bits per heavy atom. The Kier molecular flexibility index (Phi) is 9.14. The van der Waals surface area contributed by atoms with Crippen molar-refractivity contribution in [1.29, 1.82) is 0 Å². The number of unbranched alkanes of at least 4 members (excludes halogenated alkanes) is 2. The second-order valence-electron chi connectivity index (χ2n) is 6.13. The summed E-state index contributed by atoms with van der Waals surface area (Å²) < 4.78 is 6.53. The Morgan fingerprint density at radius 2 is 1.72 bits per heavy atom. The van der Waals surface area contributed by atoms with Gasteiger partial charge in [-0.15, -0.1) is 0 Å². The number of amides is 2. The van der Waals surface area contributed by atoms with E-state index in [1.807, 2.05) is 12.1 Å². The van der Waals surface area contributed by atoms with Gasteiger partial charge in [0.25, 0.3) is 11.8 Å². The van der Waals surface area contributed by atoms with Gasteiger partial charge in [-0.1, -0.05) is 34.5 Å². The summed E-state index contributed by atoms with van der Waals surface area (Å²) in [5, 5.41) is 14.0. The van der Waals surface area contributed by atoms with Crippen molar-refractivity contribution in [3.8, 4) is 0 Å². The molecule has 0 unspecified atom stereocenters. The van der Waals surface area contributed by atoms with Crippen molar-refractivity contribution in [2.24, 2.45) is 0 Å². The molecule has 7 nitrogen and oxygen atoms in total. The number of carboxylic acids is 1. The van der Waals surface area contributed by atoms with Crippen molar-refractivity contribution < 1.29 is 23.9 Å². The molecule has 0 aliphatic carbocycles. The van der Waals surface area contributed by atoms with E-state index in [4.69, 9.17) is 9.52 Å². The molecule has 2 amide bonds. The van der Waals surface area contributed by atoms with Crippen molar-refractivity contribution in [2.75, 3.05) is 6.54 Å². The zero-order chi connectivity index (χ0) is 21.2. The average Bonchev–Trinajstić information content (AvgIpc) is 3.11. The maximum Gasteiger partial charge on any atom is 0.303 e. The number of carbonyl (C=O) groups is 3. The molecule has 2 rings (SSSR count). The van der Waals surface area contributed by atoms with Gasteiger partial charge in [0.05, 0.1) is 0 Å². The van der Waals surface area contributed by atoms with Crippen molar-refractivity contribution in [2.45, 2.75) is 25.7 Å². The van der Waals surface area contributed by atoms with E-state index in [0.29, 0.717) is 30.5 Å². The standard InChI is InChI=1S/C20H20Br2N2O5/c21-14-7-5-13(6-8-14)12-15(24-20(28)16-9-10-17(22)29-16)19(27)23-11-3-1-2-4-18(25)26/h5-10,12H,1-4,11H2,(H,23,27)(H,24,28)(H,25,26)/b15-12-. The number of hydrogen-bond donors (Lipinski definition) is 3. The van der Waals surface area contributed by atoms with Crippen LogP contribution in [0.25, 0.3) is 6.08 Å². The van der Waals surface area contributed by atoms with Gasteiger partial charge in [0, 0.05) is 17.4 Å². The Labute approximate surface area is 184 Å². The molecular weight excluding hydrogens is 508 g/mol. The van der Waals surface area contributed by atoms with E-state index in [2.05, 4.69) is 42.5 Å². The van der Waals surface area contributed by atoms with Crippen LogP contribution in [-0.2, 0) is 9.59 Å². The second-order valence-corrected chi connectivity index (χ2v) is 7.82. The highest BCUT2D eigenvalue weighted by molar-refractivity contribution is 9.10. The molecule has 0 fully saturated rings. The summed E-state index contributed by atoms with van der Waals surface area (Å²) in [6.07, 6.45) is 3.56. The Hall–Kier alpha value is -2.39. The molecule has 0 saturated heterocycles. The molecule has 0 saturated carbocycles. The summed E-state index contributed by atoms with van der Waals surface area (Å²) in [5.41, 5.74) is 0.816. The van der Waals surface area contributed by atoms with E-state index in [9.17, 15) is 14.4 Å². The van der Waals surface area contributed by atoms with E-state index in [1.54, 1.807) is 24.3 Å². The van der Waals surface area contributed by atoms with Gasteiger partial charge in [-0.3, -0.25) is 14.4 Å². The van der Waals surface area contributed by atoms with Gasteiger partial charge in [-0.05, 0) is 64.7 Å². The van der Waals surface area contributed by atoms with E-state index < -0.39 is 17.8 Å². The molecule has 0 spiro atoms. The fraction of sp³-hybridized carbons (Fsp3) is 0.250. The lowest BCUT2D eigenvalue weighted by Crippen LogP contribution is -2.35. The van der Waals surface area contributed by atoms with Crippen molar-refractivity contribution in [1.82, 2.24) is 10.6 Å². The molecular formula is C20H20Br2N2O5. The molecule has 1 aromatic heterocycles. The first-order chi connectivity index (χ1) is 13.8. The Morgan fingerprint density at radius 3 is 2.34 bits per heavy atom. The van der Waals surface area contributed by atoms with Gasteiger partial charge in [-0.2, -0.15) is 0 Å². The quantitative estimate of drug-likeness (QED) is 0.314. The summed E-state index contributed by atoms with van der Waals surface area (Å²) in [6.45, 7) is 0.373. The summed E-state index contributed by atoms with van der Waals surface area (Å²) >= 11 is 6.49. The zero-order valence-corrected chi connectivity index (χ0v) is 18.6. The second kappa shape index (κ2) is 11.6. The van der Waals surface area contributed by atoms with Crippen LogP contribution in [0.2, 0.25) is 0 Å². The van der Waals surface area contributed by atoms with Gasteiger partial charge in [-0.25, -0.2) is 0 Å². The average molecular weight is 528 g/mol. The first kappa shape index (κ1) is 22.9. The van der Waals surface area contributed by atoms with Crippen molar-refractivity contribution in [3.63, 3.8) is 0 Å². The van der Waals surface area contributed by atoms with Gasteiger partial charge in [0.15, 0.2) is 10.4 Å². The molecule has 2 aromatic rings. The predicted molar refractivity (Wildman–Crippen MR) is 115 cm³/mol. The molecule has 1 heterocycles. The number of aliphatic carboxylic acids is 1. The van der Waals surface area contributed by atoms with E-state index in [0.717, 1.165) is 10.0 Å². The Balaban J connectivity index is 2.03. The van der Waals surface area contributed by atoms with Gasteiger partial charge in [0.2, 0.25) is 0 Å². The lowest BCUT2D eigenvalue weighted by molar-refractivity contribution is -0.137. The van der Waals surface area contributed by atoms with Crippen LogP contribution in [0.4, 0.5) is 0 Å². The van der Waals surface area contributed by atoms with Crippen LogP contribution in [0.15, 0.2) is 55.7 Å². The number of nitrogens with one attached hydrogen (secondary N) is 2. The van der Waals surface area contributed by atoms with Crippen LogP contribution < -0.4 is 10.6 Å². The number of carbonyl (C=O) groups excluding carboxylic acids is 2. The molecule has 0 aliphatic rings. The molecule has 9 heteroatoms. The number of halogens is 2. The van der Waals surface area contributed by atoms with Gasteiger partial charge >= 0.3 is 5.97 Å². The van der Waals surface area contributed by atoms with E-state index >= 15 is 0 Å². The highest BCUT2D eigenvalue weighted by Crippen LogP contribution is 2.16. The maximum atomic E-state index is 12.6. The van der Waals surface area contributed by atoms with E-state index in [-0.39, 0.29) is 17.9 Å². The summed E-state index contributed by atoms with van der Waals surface area (Å²) in [4.78, 5) is 35.5. The number of benzene rings is 1. The Bertz CT molecular complexity index is 891. The first-order valence-corrected chi connectivity index (χ1v) is 10.5. The van der Waals surface area contributed by atoms with Crippen LogP contribution in [0, 0.1) is 0 Å². The third kappa shape index (κ3) is 8.25. The highest BCUT2D eigenvalue weighted by atomic mass is 79.9. The van der Waals surface area contributed by atoms with Crippen LogP contribution in [0.3, 0.4) is 0 Å². The molecule has 0 radical (unpaired) electrons. The number of rotatable bonds is 10. The van der Waals surface area contributed by atoms with Crippen molar-refractivity contribution >= 4 is 55.7 Å². The minimum Gasteiger partial charge on any atom is -0.481 e. The third-order valence-corrected chi connectivity index (χ3v) is 4.78. The monoisotopic (exact) mass is 526 g/mol. The smallest absolute Gasteiger partial charge is 0.303 e. The summed E-state index contributed by atoms with van der Waals surface area (Å²) in [6, 6.07) is 10.4. The van der Waals surface area contributed by atoms with Crippen LogP contribution >= 0.6 is 31.9 Å². The zero-order valence-electron chi connectivity index (χ0n) is 15.4. The largest absolute Gasteiger partial charge is 0.481 e. The third-order valence-electron chi connectivity index (χ3n) is 3.82. The highest BCUT2D eigenvalue weighted by Gasteiger charge is 2.17. The number of furan rings is 1. The van der Waals surface area contributed by atoms with Crippen LogP contribution in [-0.4, -0.2) is 29.4 Å². The minimum atomic E-state index is -0.832. The number of carboxylic acid groups (broad SMARTS) is 1. The number of hydrogen-bond acceptors (Lipinski definition) is 4. The summed E-state index contributed by atoms with van der Waals surface area (Å²) in [5.74, 6) is -1.75. The minimum absolute atomic E-state index is 0.0695. The molecule has 0 bridgehead atoms. The molecule has 1 aromatic carbocycles. The predicted octanol–water partition coefficient (Wildman–Crippen LogP) is 4.34. The van der Waals surface area contributed by atoms with E-state index in [1.165, 1.54) is 6.07 Å². The molecule has 0 atom stereocenters. The SMILES string of the molecule is O=C(O)CCCCCNC(=O)/C(=C/c1ccc(Br)cc1)NC(=O)c1ccc(Br)o1. The fourth-order valence-corrected chi connectivity index (χ4v) is 2.95. The lowest BCUT2D eigenvalue weighted by atomic mass is 10.1. The molecule has 3 N–H and O–H groups in total. The first-order valence-electron chi connectivity index (χ1n) is 8.89.